The van der Waals surface area contributed by atoms with Crippen molar-refractivity contribution < 1.29 is 0 Å². The van der Waals surface area contributed by atoms with Gasteiger partial charge in [0.25, 0.3) is 0 Å². The molecular formula is C18H36. The highest BCUT2D eigenvalue weighted by molar-refractivity contribution is 4.81. The summed E-state index contributed by atoms with van der Waals surface area (Å²) in [5.74, 6) is 0. The quantitative estimate of drug-likeness (QED) is 0.230. The fourth-order valence-electron chi connectivity index (χ4n) is 2.32. The Kier molecular flexibility index (Phi) is 16.5. The minimum atomic E-state index is 1.30. The van der Waals surface area contributed by atoms with Gasteiger partial charge in [0.2, 0.25) is 0 Å². The summed E-state index contributed by atoms with van der Waals surface area (Å²) in [6, 6.07) is 0. The molecule has 18 heavy (non-hydrogen) atoms. The highest BCUT2D eigenvalue weighted by Gasteiger charge is 1.91. The van der Waals surface area contributed by atoms with Crippen LogP contribution in [-0.4, -0.2) is 0 Å². The van der Waals surface area contributed by atoms with Crippen molar-refractivity contribution in [2.45, 2.75) is 104 Å². The Morgan fingerprint density at radius 2 is 0.778 bits per heavy atom. The largest absolute Gasteiger partial charge is 0.0885 e. The van der Waals surface area contributed by atoms with E-state index in [0.29, 0.717) is 0 Å². The van der Waals surface area contributed by atoms with Crippen molar-refractivity contribution in [1.29, 1.82) is 0 Å². The van der Waals surface area contributed by atoms with Crippen LogP contribution in [0.4, 0.5) is 0 Å². The molecule has 0 unspecified atom stereocenters. The first kappa shape index (κ1) is 17.7. The van der Waals surface area contributed by atoms with Gasteiger partial charge in [-0.1, -0.05) is 90.2 Å². The number of allylic oxidation sites excluding steroid dienone is 2. The average Bonchev–Trinajstić information content (AvgIpc) is 2.39. The van der Waals surface area contributed by atoms with Crippen molar-refractivity contribution in [3.63, 3.8) is 0 Å². The number of rotatable bonds is 14. The van der Waals surface area contributed by atoms with Gasteiger partial charge in [0.15, 0.2) is 0 Å². The number of unbranched alkanes of at least 4 members (excludes halogenated alkanes) is 12. The zero-order chi connectivity index (χ0) is 13.3. The molecule has 0 nitrogen and oxygen atoms in total. The smallest absolute Gasteiger partial charge is 0.0351 e. The fourth-order valence-corrected chi connectivity index (χ4v) is 2.32. The molecule has 0 N–H and O–H groups in total. The summed E-state index contributed by atoms with van der Waals surface area (Å²) in [6.45, 7) is 4.56. The third-order valence-electron chi connectivity index (χ3n) is 3.62. The van der Waals surface area contributed by atoms with Crippen LogP contribution >= 0.6 is 0 Å². The molecule has 0 heterocycles. The standard InChI is InChI=1S/C18H36/c1-3-5-7-9-11-13-15-17-18-16-14-12-10-8-6-4-2/h11,13H,3-10,12,14-18H2,1-2H3. The Bertz CT molecular complexity index is 157. The second kappa shape index (κ2) is 16.7. The summed E-state index contributed by atoms with van der Waals surface area (Å²) in [5, 5.41) is 0. The molecule has 0 aliphatic rings. The van der Waals surface area contributed by atoms with E-state index < -0.39 is 0 Å². The maximum Gasteiger partial charge on any atom is -0.0351 e. The normalized spacial score (nSPS) is 11.4. The Morgan fingerprint density at radius 1 is 0.444 bits per heavy atom. The molecule has 0 rings (SSSR count). The van der Waals surface area contributed by atoms with E-state index in [-0.39, 0.29) is 0 Å². The van der Waals surface area contributed by atoms with Gasteiger partial charge in [-0.05, 0) is 25.7 Å². The maximum atomic E-state index is 2.40. The highest BCUT2D eigenvalue weighted by atomic mass is 14.0. The number of hydrogen-bond donors (Lipinski definition) is 0. The van der Waals surface area contributed by atoms with Gasteiger partial charge in [-0.25, -0.2) is 0 Å². The molecule has 108 valence electrons. The van der Waals surface area contributed by atoms with Gasteiger partial charge in [-0.2, -0.15) is 0 Å². The summed E-state index contributed by atoms with van der Waals surface area (Å²) in [6.07, 6.45) is 24.4. The van der Waals surface area contributed by atoms with E-state index in [1.165, 1.54) is 89.9 Å². The summed E-state index contributed by atoms with van der Waals surface area (Å²) in [7, 11) is 0. The van der Waals surface area contributed by atoms with Gasteiger partial charge in [-0.3, -0.25) is 0 Å². The van der Waals surface area contributed by atoms with Crippen molar-refractivity contribution in [2.24, 2.45) is 0 Å². The predicted molar refractivity (Wildman–Crippen MR) is 85.1 cm³/mol. The van der Waals surface area contributed by atoms with E-state index in [0.717, 1.165) is 0 Å². The lowest BCUT2D eigenvalue weighted by Crippen LogP contribution is -1.80. The SMILES string of the molecule is CCCCCC=CCCCCCCCCCCC. The van der Waals surface area contributed by atoms with E-state index in [1.54, 1.807) is 0 Å². The molecular weight excluding hydrogens is 216 g/mol. The summed E-state index contributed by atoms with van der Waals surface area (Å²) in [4.78, 5) is 0. The molecule has 0 saturated carbocycles. The first-order chi connectivity index (χ1) is 8.91. The molecule has 0 aliphatic heterocycles. The fraction of sp³-hybridized carbons (Fsp3) is 0.889. The van der Waals surface area contributed by atoms with Gasteiger partial charge in [0.1, 0.15) is 0 Å². The van der Waals surface area contributed by atoms with Crippen LogP contribution in [-0.2, 0) is 0 Å². The summed E-state index contributed by atoms with van der Waals surface area (Å²) < 4.78 is 0. The van der Waals surface area contributed by atoms with Crippen LogP contribution in [0.15, 0.2) is 12.2 Å². The van der Waals surface area contributed by atoms with Gasteiger partial charge in [0.05, 0.1) is 0 Å². The molecule has 0 aromatic carbocycles. The monoisotopic (exact) mass is 252 g/mol. The second-order valence-corrected chi connectivity index (χ2v) is 5.58. The first-order valence-electron chi connectivity index (χ1n) is 8.56. The molecule has 0 fully saturated rings. The van der Waals surface area contributed by atoms with Crippen molar-refractivity contribution >= 4 is 0 Å². The van der Waals surface area contributed by atoms with E-state index in [9.17, 15) is 0 Å². The Balaban J connectivity index is 2.98. The van der Waals surface area contributed by atoms with Crippen LogP contribution < -0.4 is 0 Å². The van der Waals surface area contributed by atoms with Crippen LogP contribution in [0.1, 0.15) is 104 Å². The van der Waals surface area contributed by atoms with Gasteiger partial charge in [-0.15, -0.1) is 0 Å². The zero-order valence-corrected chi connectivity index (χ0v) is 13.1. The molecule has 0 radical (unpaired) electrons. The predicted octanol–water partition coefficient (Wildman–Crippen LogP) is 7.04. The lowest BCUT2D eigenvalue weighted by Gasteiger charge is -2.00. The first-order valence-corrected chi connectivity index (χ1v) is 8.56. The van der Waals surface area contributed by atoms with E-state index in [4.69, 9.17) is 0 Å². The third kappa shape index (κ3) is 15.7. The van der Waals surface area contributed by atoms with Crippen LogP contribution in [0.2, 0.25) is 0 Å². The van der Waals surface area contributed by atoms with Crippen molar-refractivity contribution in [2.75, 3.05) is 0 Å². The topological polar surface area (TPSA) is 0 Å². The van der Waals surface area contributed by atoms with E-state index in [1.807, 2.05) is 0 Å². The Morgan fingerprint density at radius 3 is 1.28 bits per heavy atom. The Hall–Kier alpha value is -0.260. The van der Waals surface area contributed by atoms with Crippen molar-refractivity contribution in [3.05, 3.63) is 12.2 Å². The molecule has 0 heteroatoms. The lowest BCUT2D eigenvalue weighted by atomic mass is 10.1. The van der Waals surface area contributed by atoms with Crippen LogP contribution in [0, 0.1) is 0 Å². The second-order valence-electron chi connectivity index (χ2n) is 5.58. The van der Waals surface area contributed by atoms with E-state index in [2.05, 4.69) is 26.0 Å². The average molecular weight is 252 g/mol. The highest BCUT2D eigenvalue weighted by Crippen LogP contribution is 2.10. The zero-order valence-electron chi connectivity index (χ0n) is 13.1. The minimum absolute atomic E-state index is 1.30. The van der Waals surface area contributed by atoms with Gasteiger partial charge in [0, 0.05) is 0 Å². The lowest BCUT2D eigenvalue weighted by molar-refractivity contribution is 0.566. The van der Waals surface area contributed by atoms with E-state index >= 15 is 0 Å². The van der Waals surface area contributed by atoms with Gasteiger partial charge < -0.3 is 0 Å². The summed E-state index contributed by atoms with van der Waals surface area (Å²) in [5.41, 5.74) is 0. The van der Waals surface area contributed by atoms with Crippen LogP contribution in [0.5, 0.6) is 0 Å². The van der Waals surface area contributed by atoms with Crippen LogP contribution in [0.3, 0.4) is 0 Å². The molecule has 0 spiro atoms. The Labute approximate surface area is 116 Å². The molecule has 0 bridgehead atoms. The summed E-state index contributed by atoms with van der Waals surface area (Å²) >= 11 is 0. The number of hydrogen-bond acceptors (Lipinski definition) is 0. The molecule has 0 aromatic rings. The van der Waals surface area contributed by atoms with Crippen molar-refractivity contribution in [1.82, 2.24) is 0 Å². The van der Waals surface area contributed by atoms with Gasteiger partial charge >= 0.3 is 0 Å². The minimum Gasteiger partial charge on any atom is -0.0885 e. The molecule has 0 aromatic heterocycles. The van der Waals surface area contributed by atoms with Crippen LogP contribution in [0.25, 0.3) is 0 Å². The molecule has 0 saturated heterocycles. The third-order valence-corrected chi connectivity index (χ3v) is 3.62. The molecule has 0 atom stereocenters. The molecule has 0 amide bonds. The maximum absolute atomic E-state index is 2.40. The van der Waals surface area contributed by atoms with Crippen molar-refractivity contribution in [3.8, 4) is 0 Å². The molecule has 0 aliphatic carbocycles.